The lowest BCUT2D eigenvalue weighted by molar-refractivity contribution is 0.175. The second-order valence-electron chi connectivity index (χ2n) is 2.75. The van der Waals surface area contributed by atoms with E-state index in [9.17, 15) is 5.11 Å². The van der Waals surface area contributed by atoms with Gasteiger partial charge < -0.3 is 15.3 Å². The first-order chi connectivity index (χ1) is 5.63. The number of halogens is 1. The van der Waals surface area contributed by atoms with Gasteiger partial charge in [0.1, 0.15) is 5.76 Å². The van der Waals surface area contributed by atoms with Crippen molar-refractivity contribution in [3.8, 4) is 0 Å². The average molecular weight is 234 g/mol. The maximum Gasteiger partial charge on any atom is 0.169 e. The van der Waals surface area contributed by atoms with Crippen LogP contribution in [0.25, 0.3) is 0 Å². The number of hydrogen-bond donors (Lipinski definition) is 2. The molecule has 1 rings (SSSR count). The smallest absolute Gasteiger partial charge is 0.169 e. The van der Waals surface area contributed by atoms with Crippen LogP contribution in [0.15, 0.2) is 15.2 Å². The molecule has 1 aromatic rings. The zero-order valence-corrected chi connectivity index (χ0v) is 8.47. The van der Waals surface area contributed by atoms with Crippen molar-refractivity contribution >= 4 is 15.9 Å². The van der Waals surface area contributed by atoms with Gasteiger partial charge in [-0.3, -0.25) is 0 Å². The monoisotopic (exact) mass is 233 g/mol. The number of hydrogen-bond acceptors (Lipinski definition) is 3. The molecule has 0 radical (unpaired) electrons. The molecule has 0 saturated heterocycles. The summed E-state index contributed by atoms with van der Waals surface area (Å²) in [5, 5.41) is 9.24. The number of aliphatic hydroxyl groups is 1. The Hall–Kier alpha value is -0.320. The van der Waals surface area contributed by atoms with Crippen LogP contribution in [0, 0.1) is 6.92 Å². The summed E-state index contributed by atoms with van der Waals surface area (Å²) in [7, 11) is 0. The number of aryl methyl sites for hydroxylation is 1. The molecule has 4 heteroatoms. The van der Waals surface area contributed by atoms with E-state index in [0.29, 0.717) is 11.1 Å². The lowest BCUT2D eigenvalue weighted by Gasteiger charge is -2.04. The van der Waals surface area contributed by atoms with E-state index in [1.165, 1.54) is 0 Å². The molecule has 1 atom stereocenters. The van der Waals surface area contributed by atoms with Crippen LogP contribution in [0.4, 0.5) is 0 Å². The van der Waals surface area contributed by atoms with Gasteiger partial charge in [-0.25, -0.2) is 0 Å². The molecule has 0 spiro atoms. The lowest BCUT2D eigenvalue weighted by atomic mass is 10.1. The molecule has 1 unspecified atom stereocenters. The Morgan fingerprint density at radius 1 is 1.75 bits per heavy atom. The van der Waals surface area contributed by atoms with Crippen molar-refractivity contribution in [2.75, 3.05) is 6.54 Å². The topological polar surface area (TPSA) is 59.4 Å². The van der Waals surface area contributed by atoms with Gasteiger partial charge in [0.15, 0.2) is 4.67 Å². The van der Waals surface area contributed by atoms with Gasteiger partial charge >= 0.3 is 0 Å². The number of furan rings is 1. The fourth-order valence-electron chi connectivity index (χ4n) is 0.978. The summed E-state index contributed by atoms with van der Waals surface area (Å²) < 4.78 is 5.98. The molecule has 0 amide bonds. The summed E-state index contributed by atoms with van der Waals surface area (Å²) in [5.74, 6) is 0.792. The van der Waals surface area contributed by atoms with Crippen LogP contribution in [0.5, 0.6) is 0 Å². The van der Waals surface area contributed by atoms with Crippen LogP contribution in [0.2, 0.25) is 0 Å². The zero-order valence-electron chi connectivity index (χ0n) is 6.88. The molecule has 3 nitrogen and oxygen atoms in total. The minimum atomic E-state index is -0.512. The van der Waals surface area contributed by atoms with E-state index in [2.05, 4.69) is 15.9 Å². The molecule has 0 aliphatic carbocycles. The van der Waals surface area contributed by atoms with Gasteiger partial charge in [-0.1, -0.05) is 0 Å². The maximum absolute atomic E-state index is 9.24. The number of aliphatic hydroxyl groups excluding tert-OH is 1. The highest BCUT2D eigenvalue weighted by atomic mass is 79.9. The van der Waals surface area contributed by atoms with E-state index in [0.717, 1.165) is 11.3 Å². The number of nitrogens with two attached hydrogens (primary N) is 1. The molecule has 12 heavy (non-hydrogen) atoms. The summed E-state index contributed by atoms with van der Waals surface area (Å²) in [4.78, 5) is 0. The van der Waals surface area contributed by atoms with Crippen molar-refractivity contribution in [3.05, 3.63) is 22.1 Å². The highest BCUT2D eigenvalue weighted by Gasteiger charge is 2.10. The van der Waals surface area contributed by atoms with Crippen LogP contribution in [0.1, 0.15) is 11.3 Å². The number of rotatable bonds is 3. The molecular weight excluding hydrogens is 222 g/mol. The van der Waals surface area contributed by atoms with Gasteiger partial charge in [0.25, 0.3) is 0 Å². The fourth-order valence-corrected chi connectivity index (χ4v) is 1.52. The third-order valence-electron chi connectivity index (χ3n) is 1.68. The average Bonchev–Trinajstić information content (AvgIpc) is 2.30. The van der Waals surface area contributed by atoms with Crippen molar-refractivity contribution in [1.82, 2.24) is 0 Å². The van der Waals surface area contributed by atoms with Crippen LogP contribution in [-0.4, -0.2) is 17.8 Å². The van der Waals surface area contributed by atoms with E-state index in [1.807, 2.05) is 13.0 Å². The van der Waals surface area contributed by atoms with Gasteiger partial charge in [-0.2, -0.15) is 0 Å². The standard InChI is InChI=1S/C8H12BrNO2/c1-5-2-8(9)12-7(5)3-6(11)4-10/h2,6,11H,3-4,10H2,1H3. The van der Waals surface area contributed by atoms with E-state index in [1.54, 1.807) is 0 Å². The molecule has 0 saturated carbocycles. The van der Waals surface area contributed by atoms with Crippen molar-refractivity contribution in [2.45, 2.75) is 19.4 Å². The van der Waals surface area contributed by atoms with E-state index >= 15 is 0 Å². The second-order valence-corrected chi connectivity index (χ2v) is 3.53. The Morgan fingerprint density at radius 2 is 2.42 bits per heavy atom. The predicted octanol–water partition coefficient (Wildman–Crippen LogP) is 1.21. The zero-order chi connectivity index (χ0) is 9.14. The molecular formula is C8H12BrNO2. The Labute approximate surface area is 79.7 Å². The molecule has 0 fully saturated rings. The maximum atomic E-state index is 9.24. The first-order valence-corrected chi connectivity index (χ1v) is 4.55. The Balaban J connectivity index is 2.68. The summed E-state index contributed by atoms with van der Waals surface area (Å²) in [6.45, 7) is 2.20. The van der Waals surface area contributed by atoms with Crippen LogP contribution in [0.3, 0.4) is 0 Å². The first kappa shape index (κ1) is 9.77. The first-order valence-electron chi connectivity index (χ1n) is 3.76. The lowest BCUT2D eigenvalue weighted by Crippen LogP contribution is -2.21. The molecule has 1 aromatic heterocycles. The summed E-state index contributed by atoms with van der Waals surface area (Å²) in [6, 6.07) is 1.87. The quantitative estimate of drug-likeness (QED) is 0.826. The van der Waals surface area contributed by atoms with Crippen LogP contribution >= 0.6 is 15.9 Å². The van der Waals surface area contributed by atoms with Gasteiger partial charge in [0.05, 0.1) is 6.10 Å². The fraction of sp³-hybridized carbons (Fsp3) is 0.500. The largest absolute Gasteiger partial charge is 0.454 e. The highest BCUT2D eigenvalue weighted by molar-refractivity contribution is 9.10. The molecule has 0 aromatic carbocycles. The SMILES string of the molecule is Cc1cc(Br)oc1CC(O)CN. The molecule has 3 N–H and O–H groups in total. The Bertz CT molecular complexity index is 260. The minimum absolute atomic E-state index is 0.262. The van der Waals surface area contributed by atoms with E-state index < -0.39 is 6.10 Å². The van der Waals surface area contributed by atoms with E-state index in [4.69, 9.17) is 10.2 Å². The molecule has 1 heterocycles. The summed E-state index contributed by atoms with van der Waals surface area (Å²) >= 11 is 3.22. The second kappa shape index (κ2) is 4.07. The Morgan fingerprint density at radius 3 is 2.83 bits per heavy atom. The molecule has 0 aliphatic rings. The third-order valence-corrected chi connectivity index (χ3v) is 2.07. The van der Waals surface area contributed by atoms with Crippen molar-refractivity contribution in [2.24, 2.45) is 5.73 Å². The van der Waals surface area contributed by atoms with Crippen molar-refractivity contribution in [3.63, 3.8) is 0 Å². The van der Waals surface area contributed by atoms with Crippen molar-refractivity contribution < 1.29 is 9.52 Å². The summed E-state index contributed by atoms with van der Waals surface area (Å²) in [6.07, 6.45) is -0.0322. The normalized spacial score (nSPS) is 13.3. The molecule has 0 aliphatic heterocycles. The predicted molar refractivity (Wildman–Crippen MR) is 49.9 cm³/mol. The summed E-state index contributed by atoms with van der Waals surface area (Å²) in [5.41, 5.74) is 6.31. The van der Waals surface area contributed by atoms with E-state index in [-0.39, 0.29) is 6.54 Å². The molecule has 0 bridgehead atoms. The van der Waals surface area contributed by atoms with Gasteiger partial charge in [0.2, 0.25) is 0 Å². The molecule has 68 valence electrons. The minimum Gasteiger partial charge on any atom is -0.454 e. The van der Waals surface area contributed by atoms with Gasteiger partial charge in [-0.15, -0.1) is 0 Å². The van der Waals surface area contributed by atoms with Gasteiger partial charge in [-0.05, 0) is 34.5 Å². The van der Waals surface area contributed by atoms with Crippen LogP contribution in [-0.2, 0) is 6.42 Å². The third kappa shape index (κ3) is 2.33. The van der Waals surface area contributed by atoms with Gasteiger partial charge in [0, 0.05) is 13.0 Å². The Kier molecular flexibility index (Phi) is 3.31. The van der Waals surface area contributed by atoms with Crippen molar-refractivity contribution in [1.29, 1.82) is 0 Å². The van der Waals surface area contributed by atoms with Crippen LogP contribution < -0.4 is 5.73 Å². The highest BCUT2D eigenvalue weighted by Crippen LogP contribution is 2.20.